The van der Waals surface area contributed by atoms with Crippen molar-refractivity contribution in [3.05, 3.63) is 57.6 Å². The standard InChI is InChI=1S/C29H31ClN8O2/c1-18-33-25-26(28(39)38(18)23-10-4-7-19-6-3-9-22(30)24(19)23)34-29(40-17-21-8-5-14-36(21)2)35-27(25)37-15-13-32-20(16-37)11-12-31/h3-4,6-7,9-10,20-21,32H,5,8,11,13-17H2,1-2H3/t20-,21-/m0/s1. The van der Waals surface area contributed by atoms with Gasteiger partial charge in [0.15, 0.2) is 11.3 Å². The van der Waals surface area contributed by atoms with E-state index in [-0.39, 0.29) is 29.2 Å². The molecule has 0 saturated carbocycles. The summed E-state index contributed by atoms with van der Waals surface area (Å²) < 4.78 is 7.71. The topological polar surface area (TPSA) is 112 Å². The number of likely N-dealkylation sites (tertiary alicyclic amines) is 1. The van der Waals surface area contributed by atoms with Gasteiger partial charge in [-0.05, 0) is 50.9 Å². The lowest BCUT2D eigenvalue weighted by Gasteiger charge is -2.34. The van der Waals surface area contributed by atoms with Crippen LogP contribution >= 0.6 is 11.6 Å². The Balaban J connectivity index is 1.51. The quantitative estimate of drug-likeness (QED) is 0.380. The van der Waals surface area contributed by atoms with Crippen molar-refractivity contribution in [1.82, 2.24) is 29.7 Å². The Hall–Kier alpha value is -3.78. The van der Waals surface area contributed by atoms with E-state index in [1.165, 1.54) is 0 Å². The number of anilines is 1. The molecule has 0 unspecified atom stereocenters. The van der Waals surface area contributed by atoms with Crippen molar-refractivity contribution in [1.29, 1.82) is 5.26 Å². The first-order valence-corrected chi connectivity index (χ1v) is 14.0. The van der Waals surface area contributed by atoms with Gasteiger partial charge < -0.3 is 19.9 Å². The van der Waals surface area contributed by atoms with Crippen LogP contribution in [0.25, 0.3) is 27.5 Å². The smallest absolute Gasteiger partial charge is 0.319 e. The highest BCUT2D eigenvalue weighted by Gasteiger charge is 2.27. The Morgan fingerprint density at radius 1 is 1.15 bits per heavy atom. The van der Waals surface area contributed by atoms with Crippen LogP contribution in [-0.2, 0) is 0 Å². The summed E-state index contributed by atoms with van der Waals surface area (Å²) >= 11 is 6.62. The van der Waals surface area contributed by atoms with Gasteiger partial charge in [0, 0.05) is 37.1 Å². The van der Waals surface area contributed by atoms with Crippen LogP contribution < -0.4 is 20.5 Å². The second-order valence-electron chi connectivity index (χ2n) is 10.5. The summed E-state index contributed by atoms with van der Waals surface area (Å²) in [5.74, 6) is 1.05. The Kier molecular flexibility index (Phi) is 7.27. The molecule has 2 saturated heterocycles. The first-order chi connectivity index (χ1) is 19.4. The summed E-state index contributed by atoms with van der Waals surface area (Å²) in [6, 6.07) is 14.1. The van der Waals surface area contributed by atoms with Gasteiger partial charge in [-0.2, -0.15) is 15.2 Å². The van der Waals surface area contributed by atoms with Crippen molar-refractivity contribution in [2.75, 3.05) is 44.7 Å². The van der Waals surface area contributed by atoms with Gasteiger partial charge in [0.05, 0.1) is 23.2 Å². The number of fused-ring (bicyclic) bond motifs is 2. The van der Waals surface area contributed by atoms with E-state index in [4.69, 9.17) is 26.3 Å². The van der Waals surface area contributed by atoms with Crippen molar-refractivity contribution in [3.63, 3.8) is 0 Å². The molecule has 0 radical (unpaired) electrons. The van der Waals surface area contributed by atoms with Gasteiger partial charge in [0.25, 0.3) is 5.56 Å². The predicted molar refractivity (Wildman–Crippen MR) is 156 cm³/mol. The second-order valence-corrected chi connectivity index (χ2v) is 10.9. The molecule has 6 rings (SSSR count). The molecule has 0 aliphatic carbocycles. The number of hydrogen-bond donors (Lipinski definition) is 1. The molecule has 4 heterocycles. The van der Waals surface area contributed by atoms with E-state index in [9.17, 15) is 10.1 Å². The number of aryl methyl sites for hydroxylation is 1. The molecule has 2 fully saturated rings. The molecule has 206 valence electrons. The highest BCUT2D eigenvalue weighted by molar-refractivity contribution is 6.36. The fraction of sp³-hybridized carbons (Fsp3) is 0.414. The lowest BCUT2D eigenvalue weighted by atomic mass is 10.1. The van der Waals surface area contributed by atoms with Gasteiger partial charge in [-0.25, -0.2) is 4.98 Å². The minimum atomic E-state index is -0.315. The fourth-order valence-electron chi connectivity index (χ4n) is 5.80. The molecule has 2 atom stereocenters. The molecule has 0 bridgehead atoms. The molecular weight excluding hydrogens is 528 g/mol. The van der Waals surface area contributed by atoms with Gasteiger partial charge in [-0.1, -0.05) is 35.9 Å². The van der Waals surface area contributed by atoms with Gasteiger partial charge in [-0.3, -0.25) is 9.36 Å². The van der Waals surface area contributed by atoms with E-state index in [1.807, 2.05) is 36.4 Å². The van der Waals surface area contributed by atoms with Crippen molar-refractivity contribution in [2.45, 2.75) is 38.3 Å². The third-order valence-corrected chi connectivity index (χ3v) is 8.20. The molecule has 2 aliphatic rings. The molecule has 1 N–H and O–H groups in total. The van der Waals surface area contributed by atoms with Crippen LogP contribution in [0.15, 0.2) is 41.2 Å². The van der Waals surface area contributed by atoms with Crippen LogP contribution in [0.1, 0.15) is 25.1 Å². The minimum Gasteiger partial charge on any atom is -0.462 e. The maximum Gasteiger partial charge on any atom is 0.319 e. The second kappa shape index (κ2) is 11.0. The first-order valence-electron chi connectivity index (χ1n) is 13.6. The van der Waals surface area contributed by atoms with Crippen molar-refractivity contribution >= 4 is 39.2 Å². The first kappa shape index (κ1) is 26.4. The average molecular weight is 559 g/mol. The van der Waals surface area contributed by atoms with Crippen molar-refractivity contribution < 1.29 is 4.74 Å². The summed E-state index contributed by atoms with van der Waals surface area (Å²) in [4.78, 5) is 32.9. The molecular formula is C29H31ClN8O2. The zero-order valence-corrected chi connectivity index (χ0v) is 23.4. The third kappa shape index (κ3) is 4.85. The van der Waals surface area contributed by atoms with Gasteiger partial charge >= 0.3 is 6.01 Å². The number of nitrogens with zero attached hydrogens (tertiary/aromatic N) is 7. The molecule has 0 amide bonds. The summed E-state index contributed by atoms with van der Waals surface area (Å²) in [6.45, 7) is 5.17. The van der Waals surface area contributed by atoms with Crippen LogP contribution in [0, 0.1) is 18.3 Å². The lowest BCUT2D eigenvalue weighted by Crippen LogP contribution is -2.51. The number of rotatable bonds is 6. The van der Waals surface area contributed by atoms with E-state index in [0.29, 0.717) is 60.5 Å². The number of nitriles is 1. The Labute approximate surface area is 237 Å². The monoisotopic (exact) mass is 558 g/mol. The summed E-state index contributed by atoms with van der Waals surface area (Å²) in [5.41, 5.74) is 0.939. The number of benzene rings is 2. The number of likely N-dealkylation sites (N-methyl/N-ethyl adjacent to an activating group) is 1. The third-order valence-electron chi connectivity index (χ3n) is 7.89. The predicted octanol–water partition coefficient (Wildman–Crippen LogP) is 3.46. The summed E-state index contributed by atoms with van der Waals surface area (Å²) in [5, 5.41) is 14.9. The maximum absolute atomic E-state index is 14.2. The van der Waals surface area contributed by atoms with Crippen LogP contribution in [0.5, 0.6) is 6.01 Å². The minimum absolute atomic E-state index is 0.0143. The Bertz CT molecular complexity index is 1680. The molecule has 4 aromatic rings. The van der Waals surface area contributed by atoms with Gasteiger partial charge in [0.2, 0.25) is 0 Å². The normalized spacial score (nSPS) is 19.8. The largest absolute Gasteiger partial charge is 0.462 e. The molecule has 0 spiro atoms. The van der Waals surface area contributed by atoms with E-state index >= 15 is 0 Å². The Morgan fingerprint density at radius 2 is 1.98 bits per heavy atom. The molecule has 2 aromatic carbocycles. The number of nitrogens with one attached hydrogen (secondary N) is 1. The lowest BCUT2D eigenvalue weighted by molar-refractivity contribution is 0.188. The molecule has 11 heteroatoms. The van der Waals surface area contributed by atoms with E-state index in [2.05, 4.69) is 33.2 Å². The summed E-state index contributed by atoms with van der Waals surface area (Å²) in [6.07, 6.45) is 2.54. The van der Waals surface area contributed by atoms with Crippen LogP contribution in [-0.4, -0.2) is 76.3 Å². The van der Waals surface area contributed by atoms with Gasteiger partial charge in [0.1, 0.15) is 17.9 Å². The maximum atomic E-state index is 14.2. The highest BCUT2D eigenvalue weighted by atomic mass is 35.5. The van der Waals surface area contributed by atoms with Crippen molar-refractivity contribution in [2.24, 2.45) is 0 Å². The Morgan fingerprint density at radius 3 is 2.75 bits per heavy atom. The molecule has 2 aromatic heterocycles. The van der Waals surface area contributed by atoms with E-state index < -0.39 is 0 Å². The zero-order valence-electron chi connectivity index (χ0n) is 22.6. The van der Waals surface area contributed by atoms with Crippen LogP contribution in [0.4, 0.5) is 5.82 Å². The van der Waals surface area contributed by atoms with Crippen molar-refractivity contribution in [3.8, 4) is 17.8 Å². The van der Waals surface area contributed by atoms with E-state index in [1.54, 1.807) is 11.5 Å². The van der Waals surface area contributed by atoms with Crippen LogP contribution in [0.3, 0.4) is 0 Å². The zero-order chi connectivity index (χ0) is 27.8. The fourth-order valence-corrected chi connectivity index (χ4v) is 6.08. The highest BCUT2D eigenvalue weighted by Crippen LogP contribution is 2.31. The molecule has 2 aliphatic heterocycles. The number of halogens is 1. The van der Waals surface area contributed by atoms with Crippen LogP contribution in [0.2, 0.25) is 5.02 Å². The molecule has 10 nitrogen and oxygen atoms in total. The summed E-state index contributed by atoms with van der Waals surface area (Å²) in [7, 11) is 2.09. The number of piperazine rings is 1. The SMILES string of the molecule is Cc1nc2c(N3CCN[C@@H](CC#N)C3)nc(OC[C@@H]3CCCN3C)nc2c(=O)n1-c1cccc2cccc(Cl)c12. The number of aromatic nitrogens is 4. The number of ether oxygens (including phenoxy) is 1. The van der Waals surface area contributed by atoms with E-state index in [0.717, 1.165) is 30.2 Å². The molecule has 40 heavy (non-hydrogen) atoms. The average Bonchev–Trinajstić information content (AvgIpc) is 3.37. The van der Waals surface area contributed by atoms with Gasteiger partial charge in [-0.15, -0.1) is 0 Å². The number of hydrogen-bond acceptors (Lipinski definition) is 9.